The van der Waals surface area contributed by atoms with Gasteiger partial charge in [-0.25, -0.2) is 0 Å². The first-order chi connectivity index (χ1) is 15.2. The monoisotopic (exact) mass is 494 g/mol. The predicted octanol–water partition coefficient (Wildman–Crippen LogP) is 4.55. The number of hydrogen-bond donors (Lipinski definition) is 4. The summed E-state index contributed by atoms with van der Waals surface area (Å²) in [6.45, 7) is 4.65. The lowest BCUT2D eigenvalue weighted by atomic mass is 9.89. The number of aromatic hydroxyl groups is 2. The maximum Gasteiger partial charge on any atom is 0.197 e. The van der Waals surface area contributed by atoms with Crippen LogP contribution in [0.3, 0.4) is 0 Å². The van der Waals surface area contributed by atoms with Gasteiger partial charge in [0, 0.05) is 46.9 Å². The minimum absolute atomic E-state index is 0. The number of likely N-dealkylation sites (tertiary alicyclic amines) is 1. The van der Waals surface area contributed by atoms with Crippen LogP contribution in [0, 0.1) is 0 Å². The second-order valence-electron chi connectivity index (χ2n) is 8.63. The number of nitrogens with one attached hydrogen (secondary N) is 1. The smallest absolute Gasteiger partial charge is 0.197 e. The molecule has 0 amide bonds. The average Bonchev–Trinajstić information content (AvgIpc) is 3.07. The Labute approximate surface area is 203 Å². The van der Waals surface area contributed by atoms with Crippen molar-refractivity contribution in [3.63, 3.8) is 0 Å². The van der Waals surface area contributed by atoms with Crippen LogP contribution >= 0.6 is 24.0 Å². The molecule has 0 radical (unpaired) electrons. The Balaban J connectivity index is 0.00000306. The zero-order chi connectivity index (χ0) is 23.2. The van der Waals surface area contributed by atoms with E-state index in [1.807, 2.05) is 31.9 Å². The summed E-state index contributed by atoms with van der Waals surface area (Å²) in [5.41, 5.74) is 1.45. The van der Waals surface area contributed by atoms with E-state index in [1.165, 1.54) is 12.1 Å². The SMILES string of the molecule is CC(C)Nc1ccc(-c2cc(=O)c3c(O)cc(O)c(C4CCN(C)C4CO)c3o2)c(Cl)c1.Cl. The lowest BCUT2D eigenvalue weighted by molar-refractivity contribution is 0.172. The van der Waals surface area contributed by atoms with E-state index in [4.69, 9.17) is 16.0 Å². The van der Waals surface area contributed by atoms with Gasteiger partial charge < -0.3 is 30.0 Å². The van der Waals surface area contributed by atoms with Gasteiger partial charge >= 0.3 is 0 Å². The highest BCUT2D eigenvalue weighted by atomic mass is 35.5. The minimum Gasteiger partial charge on any atom is -0.507 e. The Hall–Kier alpha value is -2.45. The standard InChI is InChI=1S/C24H27ClN2O5.ClH/c1-12(2)26-13-4-5-14(16(25)8-13)21-10-20(31)23-19(30)9-18(29)22(24(23)32-21)15-6-7-27(3)17(15)11-28;/h4-5,8-10,12,15,17,26,28-30H,6-7,11H2,1-3H3;1H. The predicted molar refractivity (Wildman–Crippen MR) is 133 cm³/mol. The fraction of sp³-hybridized carbons (Fsp3) is 0.375. The first-order valence-corrected chi connectivity index (χ1v) is 11.0. The van der Waals surface area contributed by atoms with Crippen molar-refractivity contribution in [3.8, 4) is 22.8 Å². The zero-order valence-electron chi connectivity index (χ0n) is 18.6. The number of fused-ring (bicyclic) bond motifs is 1. The Morgan fingerprint density at radius 3 is 2.58 bits per heavy atom. The van der Waals surface area contributed by atoms with E-state index in [0.29, 0.717) is 22.6 Å². The second kappa shape index (κ2) is 9.81. The molecule has 7 nitrogen and oxygen atoms in total. The van der Waals surface area contributed by atoms with Crippen molar-refractivity contribution in [1.82, 2.24) is 4.90 Å². The van der Waals surface area contributed by atoms with Gasteiger partial charge in [-0.2, -0.15) is 0 Å². The van der Waals surface area contributed by atoms with Gasteiger partial charge in [0.1, 0.15) is 28.2 Å². The summed E-state index contributed by atoms with van der Waals surface area (Å²) in [6.07, 6.45) is 0.666. The highest BCUT2D eigenvalue weighted by Crippen LogP contribution is 2.44. The van der Waals surface area contributed by atoms with E-state index in [-0.39, 0.29) is 65.2 Å². The number of phenolic OH excluding ortho intramolecular Hbond substituents is 2. The maximum atomic E-state index is 13.0. The summed E-state index contributed by atoms with van der Waals surface area (Å²) in [4.78, 5) is 15.0. The van der Waals surface area contributed by atoms with Gasteiger partial charge in [0.25, 0.3) is 0 Å². The first kappa shape index (κ1) is 25.2. The number of halogens is 2. The fourth-order valence-corrected chi connectivity index (χ4v) is 4.84. The Morgan fingerprint density at radius 2 is 1.94 bits per heavy atom. The maximum absolute atomic E-state index is 13.0. The highest BCUT2D eigenvalue weighted by molar-refractivity contribution is 6.33. The molecule has 1 fully saturated rings. The minimum atomic E-state index is -0.438. The molecule has 33 heavy (non-hydrogen) atoms. The van der Waals surface area contributed by atoms with Gasteiger partial charge in [0.05, 0.1) is 11.6 Å². The van der Waals surface area contributed by atoms with Gasteiger partial charge in [-0.05, 0) is 52.1 Å². The molecule has 2 aromatic carbocycles. The molecule has 1 saturated heterocycles. The molecule has 0 aliphatic carbocycles. The fourth-order valence-electron chi connectivity index (χ4n) is 4.56. The van der Waals surface area contributed by atoms with Crippen molar-refractivity contribution in [1.29, 1.82) is 0 Å². The van der Waals surface area contributed by atoms with Crippen molar-refractivity contribution >= 4 is 40.7 Å². The average molecular weight is 495 g/mol. The summed E-state index contributed by atoms with van der Waals surface area (Å²) in [6, 6.07) is 7.82. The number of anilines is 1. The lowest BCUT2D eigenvalue weighted by Crippen LogP contribution is -2.32. The van der Waals surface area contributed by atoms with Crippen LogP contribution in [0.5, 0.6) is 11.5 Å². The van der Waals surface area contributed by atoms with Crippen molar-refractivity contribution in [2.75, 3.05) is 25.5 Å². The Morgan fingerprint density at radius 1 is 1.21 bits per heavy atom. The summed E-state index contributed by atoms with van der Waals surface area (Å²) < 4.78 is 6.14. The molecule has 1 aliphatic heterocycles. The molecule has 2 heterocycles. The molecule has 4 N–H and O–H groups in total. The molecule has 0 spiro atoms. The van der Waals surface area contributed by atoms with Crippen LogP contribution in [0.2, 0.25) is 5.02 Å². The number of aliphatic hydroxyl groups is 1. The molecule has 0 bridgehead atoms. The van der Waals surface area contributed by atoms with E-state index in [0.717, 1.165) is 12.2 Å². The van der Waals surface area contributed by atoms with Crippen LogP contribution in [0.25, 0.3) is 22.3 Å². The highest BCUT2D eigenvalue weighted by Gasteiger charge is 2.36. The number of rotatable bonds is 5. The van der Waals surface area contributed by atoms with E-state index in [9.17, 15) is 20.1 Å². The Kier molecular flexibility index (Phi) is 7.49. The number of aliphatic hydroxyl groups excluding tert-OH is 1. The molecule has 1 aliphatic rings. The molecule has 4 rings (SSSR count). The third-order valence-electron chi connectivity index (χ3n) is 6.07. The van der Waals surface area contributed by atoms with Crippen molar-refractivity contribution < 1.29 is 19.7 Å². The second-order valence-corrected chi connectivity index (χ2v) is 9.03. The number of nitrogens with zero attached hydrogens (tertiary/aromatic N) is 1. The summed E-state index contributed by atoms with van der Waals surface area (Å²) >= 11 is 6.50. The van der Waals surface area contributed by atoms with E-state index in [2.05, 4.69) is 5.32 Å². The molecular weight excluding hydrogens is 467 g/mol. The molecule has 2 atom stereocenters. The Bertz CT molecular complexity index is 1230. The molecule has 0 saturated carbocycles. The summed E-state index contributed by atoms with van der Waals surface area (Å²) in [5.74, 6) is -0.547. The summed E-state index contributed by atoms with van der Waals surface area (Å²) in [5, 5.41) is 34.7. The molecule has 3 aromatic rings. The molecule has 178 valence electrons. The van der Waals surface area contributed by atoms with Gasteiger partial charge in [0.2, 0.25) is 0 Å². The molecule has 9 heteroatoms. The zero-order valence-corrected chi connectivity index (χ0v) is 20.2. The van der Waals surface area contributed by atoms with E-state index >= 15 is 0 Å². The van der Waals surface area contributed by atoms with Gasteiger partial charge in [-0.15, -0.1) is 12.4 Å². The van der Waals surface area contributed by atoms with Crippen LogP contribution < -0.4 is 10.7 Å². The largest absolute Gasteiger partial charge is 0.507 e. The lowest BCUT2D eigenvalue weighted by Gasteiger charge is -2.24. The topological polar surface area (TPSA) is 106 Å². The molecular formula is C24H28Cl2N2O5. The number of hydrogen-bond acceptors (Lipinski definition) is 7. The third-order valence-corrected chi connectivity index (χ3v) is 6.38. The number of phenols is 2. The van der Waals surface area contributed by atoms with E-state index < -0.39 is 5.43 Å². The van der Waals surface area contributed by atoms with Crippen molar-refractivity contribution in [3.05, 3.63) is 51.1 Å². The molecule has 1 aromatic heterocycles. The van der Waals surface area contributed by atoms with Crippen LogP contribution in [-0.2, 0) is 0 Å². The van der Waals surface area contributed by atoms with Crippen LogP contribution in [0.15, 0.2) is 39.5 Å². The van der Waals surface area contributed by atoms with Crippen LogP contribution in [0.1, 0.15) is 31.7 Å². The van der Waals surface area contributed by atoms with Gasteiger partial charge in [-0.1, -0.05) is 11.6 Å². The summed E-state index contributed by atoms with van der Waals surface area (Å²) in [7, 11) is 1.90. The van der Waals surface area contributed by atoms with Crippen LogP contribution in [0.4, 0.5) is 5.69 Å². The number of likely N-dealkylation sites (N-methyl/N-ethyl adjacent to an activating group) is 1. The third kappa shape index (κ3) is 4.64. The van der Waals surface area contributed by atoms with Gasteiger partial charge in [0.15, 0.2) is 5.43 Å². The van der Waals surface area contributed by atoms with Gasteiger partial charge in [-0.3, -0.25) is 4.79 Å². The normalized spacial score (nSPS) is 18.6. The van der Waals surface area contributed by atoms with Crippen molar-refractivity contribution in [2.45, 2.75) is 38.3 Å². The van der Waals surface area contributed by atoms with E-state index in [1.54, 1.807) is 12.1 Å². The van der Waals surface area contributed by atoms with Crippen LogP contribution in [-0.4, -0.2) is 52.5 Å². The van der Waals surface area contributed by atoms with Crippen molar-refractivity contribution in [2.24, 2.45) is 0 Å². The number of benzene rings is 2. The molecule has 2 unspecified atom stereocenters. The quantitative estimate of drug-likeness (QED) is 0.412. The first-order valence-electron chi connectivity index (χ1n) is 10.6.